The molecule has 1 aromatic carbocycles. The third kappa shape index (κ3) is 8.71. The molecule has 0 radical (unpaired) electrons. The fraction of sp³-hybridized carbons (Fsp3) is 0.632. The maximum Gasteiger partial charge on any atom is 0.315 e. The Bertz CT molecular complexity index is 392. The van der Waals surface area contributed by atoms with E-state index in [2.05, 4.69) is 17.6 Å². The van der Waals surface area contributed by atoms with E-state index in [1.54, 1.807) is 0 Å². The van der Waals surface area contributed by atoms with Crippen LogP contribution in [0.3, 0.4) is 0 Å². The van der Waals surface area contributed by atoms with Crippen LogP contribution < -0.4 is 10.6 Å². The van der Waals surface area contributed by atoms with E-state index in [9.17, 15) is 4.79 Å². The van der Waals surface area contributed by atoms with Crippen molar-refractivity contribution in [2.75, 3.05) is 6.54 Å². The molecule has 0 saturated carbocycles. The normalized spacial score (nSPS) is 11.9. The van der Waals surface area contributed by atoms with Gasteiger partial charge in [0.15, 0.2) is 0 Å². The molecule has 1 aromatic rings. The average Bonchev–Trinajstić information content (AvgIpc) is 2.54. The van der Waals surface area contributed by atoms with Gasteiger partial charge in [0.1, 0.15) is 0 Å². The van der Waals surface area contributed by atoms with Crippen LogP contribution in [-0.2, 0) is 0 Å². The Labute approximate surface area is 135 Å². The maximum atomic E-state index is 11.8. The molecule has 0 aliphatic heterocycles. The molecule has 2 amide bonds. The third-order valence-corrected chi connectivity index (χ3v) is 3.96. The molecule has 0 aromatic heterocycles. The second-order valence-electron chi connectivity index (χ2n) is 6.01. The molecule has 0 aliphatic rings. The molecule has 3 heteroatoms. The number of benzene rings is 1. The molecule has 3 nitrogen and oxygen atoms in total. The van der Waals surface area contributed by atoms with Crippen molar-refractivity contribution in [1.82, 2.24) is 10.6 Å². The molecule has 1 rings (SSSR count). The van der Waals surface area contributed by atoms with E-state index in [0.29, 0.717) is 0 Å². The lowest BCUT2D eigenvalue weighted by molar-refractivity contribution is 0.237. The third-order valence-electron chi connectivity index (χ3n) is 3.96. The van der Waals surface area contributed by atoms with Gasteiger partial charge < -0.3 is 10.6 Å². The number of hydrogen-bond donors (Lipinski definition) is 2. The van der Waals surface area contributed by atoms with E-state index in [-0.39, 0.29) is 12.1 Å². The quantitative estimate of drug-likeness (QED) is 0.543. The topological polar surface area (TPSA) is 41.1 Å². The highest BCUT2D eigenvalue weighted by molar-refractivity contribution is 5.74. The van der Waals surface area contributed by atoms with E-state index in [4.69, 9.17) is 0 Å². The molecule has 22 heavy (non-hydrogen) atoms. The Morgan fingerprint density at radius 3 is 2.18 bits per heavy atom. The lowest BCUT2D eigenvalue weighted by Gasteiger charge is -2.15. The van der Waals surface area contributed by atoms with Gasteiger partial charge in [-0.15, -0.1) is 0 Å². The summed E-state index contributed by atoms with van der Waals surface area (Å²) >= 11 is 0. The van der Waals surface area contributed by atoms with Crippen LogP contribution in [0.2, 0.25) is 0 Å². The first-order valence-corrected chi connectivity index (χ1v) is 8.83. The molecule has 0 unspecified atom stereocenters. The predicted molar refractivity (Wildman–Crippen MR) is 94.0 cm³/mol. The highest BCUT2D eigenvalue weighted by Crippen LogP contribution is 2.10. The molecule has 0 heterocycles. The van der Waals surface area contributed by atoms with Crippen LogP contribution in [0.4, 0.5) is 4.79 Å². The highest BCUT2D eigenvalue weighted by atomic mass is 16.2. The number of carbonyl (C=O) groups is 1. The van der Waals surface area contributed by atoms with Crippen molar-refractivity contribution < 1.29 is 4.79 Å². The Morgan fingerprint density at radius 1 is 0.955 bits per heavy atom. The fourth-order valence-corrected chi connectivity index (χ4v) is 2.53. The van der Waals surface area contributed by atoms with E-state index in [0.717, 1.165) is 18.5 Å². The Kier molecular flexibility index (Phi) is 10.2. The molecule has 0 aliphatic carbocycles. The smallest absolute Gasteiger partial charge is 0.315 e. The van der Waals surface area contributed by atoms with Gasteiger partial charge in [-0.1, -0.05) is 82.2 Å². The predicted octanol–water partition coefficient (Wildman–Crippen LogP) is 5.19. The molecule has 0 spiro atoms. The number of unbranched alkanes of at least 4 members (excludes halogenated alkanes) is 7. The van der Waals surface area contributed by atoms with Gasteiger partial charge in [-0.05, 0) is 18.9 Å². The van der Waals surface area contributed by atoms with E-state index in [1.807, 2.05) is 37.3 Å². The average molecular weight is 304 g/mol. The van der Waals surface area contributed by atoms with Gasteiger partial charge in [-0.3, -0.25) is 0 Å². The summed E-state index contributed by atoms with van der Waals surface area (Å²) in [6, 6.07) is 10.0. The maximum absolute atomic E-state index is 11.8. The largest absolute Gasteiger partial charge is 0.338 e. The van der Waals surface area contributed by atoms with Crippen molar-refractivity contribution in [1.29, 1.82) is 0 Å². The van der Waals surface area contributed by atoms with Crippen LogP contribution in [0.5, 0.6) is 0 Å². The number of nitrogens with one attached hydrogen (secondary N) is 2. The lowest BCUT2D eigenvalue weighted by atomic mass is 10.1. The summed E-state index contributed by atoms with van der Waals surface area (Å²) in [4.78, 5) is 11.8. The van der Waals surface area contributed by atoms with Gasteiger partial charge >= 0.3 is 6.03 Å². The molecular formula is C19H32N2O. The van der Waals surface area contributed by atoms with Crippen LogP contribution in [0.15, 0.2) is 30.3 Å². The molecule has 2 N–H and O–H groups in total. The van der Waals surface area contributed by atoms with E-state index < -0.39 is 0 Å². The zero-order valence-electron chi connectivity index (χ0n) is 14.2. The standard InChI is InChI=1S/C19H32N2O/c1-3-4-5-6-7-8-9-13-16-20-19(22)21-17(2)18-14-11-10-12-15-18/h10-12,14-15,17H,3-9,13,16H2,1-2H3,(H2,20,21,22)/t17-/m0/s1. The first kappa shape index (κ1) is 18.5. The Morgan fingerprint density at radius 2 is 1.55 bits per heavy atom. The molecular weight excluding hydrogens is 272 g/mol. The number of rotatable bonds is 11. The van der Waals surface area contributed by atoms with Crippen molar-refractivity contribution in [3.63, 3.8) is 0 Å². The number of urea groups is 1. The summed E-state index contributed by atoms with van der Waals surface area (Å²) in [5.41, 5.74) is 1.13. The molecule has 0 fully saturated rings. The van der Waals surface area contributed by atoms with Crippen LogP contribution in [0.1, 0.15) is 76.8 Å². The number of carbonyl (C=O) groups excluding carboxylic acids is 1. The molecule has 124 valence electrons. The second-order valence-corrected chi connectivity index (χ2v) is 6.01. The summed E-state index contributed by atoms with van der Waals surface area (Å²) in [5, 5.41) is 5.92. The summed E-state index contributed by atoms with van der Waals surface area (Å²) in [7, 11) is 0. The van der Waals surface area contributed by atoms with Gasteiger partial charge in [-0.25, -0.2) is 4.79 Å². The summed E-state index contributed by atoms with van der Waals surface area (Å²) in [5.74, 6) is 0. The van der Waals surface area contributed by atoms with Crippen molar-refractivity contribution in [2.24, 2.45) is 0 Å². The minimum absolute atomic E-state index is 0.0414. The number of hydrogen-bond acceptors (Lipinski definition) is 1. The van der Waals surface area contributed by atoms with E-state index in [1.165, 1.54) is 44.9 Å². The van der Waals surface area contributed by atoms with Crippen molar-refractivity contribution in [3.8, 4) is 0 Å². The summed E-state index contributed by atoms with van der Waals surface area (Å²) in [6.07, 6.45) is 10.3. The molecule has 0 bridgehead atoms. The van der Waals surface area contributed by atoms with Crippen molar-refractivity contribution >= 4 is 6.03 Å². The Balaban J connectivity index is 2.00. The zero-order chi connectivity index (χ0) is 16.0. The monoisotopic (exact) mass is 304 g/mol. The molecule has 1 atom stereocenters. The van der Waals surface area contributed by atoms with E-state index >= 15 is 0 Å². The van der Waals surface area contributed by atoms with Gasteiger partial charge in [0, 0.05) is 6.54 Å². The van der Waals surface area contributed by atoms with Crippen molar-refractivity contribution in [3.05, 3.63) is 35.9 Å². The first-order chi connectivity index (χ1) is 10.7. The van der Waals surface area contributed by atoms with Gasteiger partial charge in [0.25, 0.3) is 0 Å². The van der Waals surface area contributed by atoms with Gasteiger partial charge in [0.05, 0.1) is 6.04 Å². The summed E-state index contributed by atoms with van der Waals surface area (Å²) in [6.45, 7) is 5.02. The van der Waals surface area contributed by atoms with Crippen LogP contribution in [0.25, 0.3) is 0 Å². The molecule has 0 saturated heterocycles. The van der Waals surface area contributed by atoms with Crippen LogP contribution in [0, 0.1) is 0 Å². The Hall–Kier alpha value is -1.51. The SMILES string of the molecule is CCCCCCCCCCNC(=O)N[C@@H](C)c1ccccc1. The fourth-order valence-electron chi connectivity index (χ4n) is 2.53. The van der Waals surface area contributed by atoms with Gasteiger partial charge in [0.2, 0.25) is 0 Å². The highest BCUT2D eigenvalue weighted by Gasteiger charge is 2.07. The summed E-state index contributed by atoms with van der Waals surface area (Å²) < 4.78 is 0. The second kappa shape index (κ2) is 12.1. The minimum Gasteiger partial charge on any atom is -0.338 e. The number of amides is 2. The zero-order valence-corrected chi connectivity index (χ0v) is 14.2. The minimum atomic E-state index is -0.0701. The first-order valence-electron chi connectivity index (χ1n) is 8.83. The van der Waals surface area contributed by atoms with Crippen LogP contribution in [-0.4, -0.2) is 12.6 Å². The van der Waals surface area contributed by atoms with Crippen molar-refractivity contribution in [2.45, 2.75) is 71.3 Å². The van der Waals surface area contributed by atoms with Crippen LogP contribution >= 0.6 is 0 Å². The van der Waals surface area contributed by atoms with Gasteiger partial charge in [-0.2, -0.15) is 0 Å². The lowest BCUT2D eigenvalue weighted by Crippen LogP contribution is -2.37.